The molecule has 5 heteroatoms. The number of hydrogen-bond acceptors (Lipinski definition) is 4. The second-order valence-electron chi connectivity index (χ2n) is 6.37. The summed E-state index contributed by atoms with van der Waals surface area (Å²) in [6, 6.07) is 21.4. The Balaban J connectivity index is 1.71. The van der Waals surface area contributed by atoms with Crippen molar-refractivity contribution in [2.24, 2.45) is 0 Å². The molecule has 2 aromatic carbocycles. The van der Waals surface area contributed by atoms with E-state index in [2.05, 4.69) is 29.3 Å². The highest BCUT2D eigenvalue weighted by Gasteiger charge is 2.13. The van der Waals surface area contributed by atoms with Gasteiger partial charge in [-0.3, -0.25) is 4.79 Å². The molecule has 0 aliphatic heterocycles. The maximum absolute atomic E-state index is 13.1. The molecule has 2 aromatic heterocycles. The molecule has 0 unspecified atom stereocenters. The molecule has 0 saturated heterocycles. The predicted molar refractivity (Wildman–Crippen MR) is 116 cm³/mol. The number of aryl methyl sites for hydroxylation is 1. The fourth-order valence-corrected chi connectivity index (χ4v) is 3.68. The zero-order valence-corrected chi connectivity index (χ0v) is 16.3. The van der Waals surface area contributed by atoms with E-state index in [0.717, 1.165) is 11.1 Å². The Labute approximate surface area is 167 Å². The molecule has 0 bridgehead atoms. The average molecular weight is 385 g/mol. The molecule has 2 heterocycles. The summed E-state index contributed by atoms with van der Waals surface area (Å²) in [5, 5.41) is 1.23. The van der Waals surface area contributed by atoms with Crippen LogP contribution in [0.25, 0.3) is 22.8 Å². The zero-order chi connectivity index (χ0) is 19.3. The quantitative estimate of drug-likeness (QED) is 0.362. The Hall–Kier alpha value is -3.18. The zero-order valence-electron chi connectivity index (χ0n) is 15.4. The van der Waals surface area contributed by atoms with Crippen LogP contribution >= 0.6 is 11.8 Å². The molecule has 4 nitrogen and oxygen atoms in total. The Morgan fingerprint density at radius 1 is 1.00 bits per heavy atom. The van der Waals surface area contributed by atoms with Crippen LogP contribution in [0.2, 0.25) is 0 Å². The number of rotatable bonds is 5. The van der Waals surface area contributed by atoms with Crippen LogP contribution in [0.3, 0.4) is 0 Å². The van der Waals surface area contributed by atoms with Crippen LogP contribution in [0.4, 0.5) is 0 Å². The first kappa shape index (κ1) is 18.2. The number of hydrogen-bond donors (Lipinski definition) is 0. The summed E-state index contributed by atoms with van der Waals surface area (Å²) in [5.41, 5.74) is 2.79. The lowest BCUT2D eigenvalue weighted by Crippen LogP contribution is -2.22. The van der Waals surface area contributed by atoms with Crippen molar-refractivity contribution in [3.63, 3.8) is 0 Å². The second-order valence-corrected chi connectivity index (χ2v) is 7.36. The van der Waals surface area contributed by atoms with Crippen LogP contribution in [0.1, 0.15) is 11.1 Å². The van der Waals surface area contributed by atoms with Crippen LogP contribution in [-0.2, 0) is 0 Å². The van der Waals surface area contributed by atoms with E-state index in [1.54, 1.807) is 16.8 Å². The fraction of sp³-hybridized carbons (Fsp3) is 0.0870. The third kappa shape index (κ3) is 3.89. The van der Waals surface area contributed by atoms with E-state index in [-0.39, 0.29) is 5.56 Å². The molecule has 0 amide bonds. The van der Waals surface area contributed by atoms with E-state index in [0.29, 0.717) is 27.6 Å². The third-order valence-electron chi connectivity index (χ3n) is 4.29. The van der Waals surface area contributed by atoms with Crippen molar-refractivity contribution in [3.8, 4) is 5.82 Å². The number of thioether (sulfide) groups is 1. The number of aromatic nitrogens is 3. The Morgan fingerprint density at radius 2 is 1.79 bits per heavy atom. The first-order chi connectivity index (χ1) is 13.7. The maximum atomic E-state index is 13.1. The van der Waals surface area contributed by atoms with Gasteiger partial charge in [0, 0.05) is 11.9 Å². The molecule has 28 heavy (non-hydrogen) atoms. The summed E-state index contributed by atoms with van der Waals surface area (Å²) in [6.07, 6.45) is 5.91. The monoisotopic (exact) mass is 385 g/mol. The van der Waals surface area contributed by atoms with Gasteiger partial charge in [-0.2, -0.15) is 0 Å². The van der Waals surface area contributed by atoms with Gasteiger partial charge < -0.3 is 0 Å². The van der Waals surface area contributed by atoms with Gasteiger partial charge in [-0.15, -0.1) is 0 Å². The highest BCUT2D eigenvalue weighted by molar-refractivity contribution is 7.99. The van der Waals surface area contributed by atoms with Gasteiger partial charge in [0.2, 0.25) is 0 Å². The van der Waals surface area contributed by atoms with Crippen molar-refractivity contribution < 1.29 is 0 Å². The summed E-state index contributed by atoms with van der Waals surface area (Å²) in [4.78, 5) is 22.3. The highest BCUT2D eigenvalue weighted by Crippen LogP contribution is 2.21. The molecule has 0 radical (unpaired) electrons. The second kappa shape index (κ2) is 8.23. The molecule has 0 spiro atoms. The maximum Gasteiger partial charge on any atom is 0.267 e. The number of fused-ring (bicyclic) bond motifs is 1. The summed E-state index contributed by atoms with van der Waals surface area (Å²) < 4.78 is 1.60. The van der Waals surface area contributed by atoms with Crippen molar-refractivity contribution in [1.82, 2.24) is 14.5 Å². The molecule has 138 valence electrons. The molecule has 4 rings (SSSR count). The van der Waals surface area contributed by atoms with Gasteiger partial charge in [-0.1, -0.05) is 72.4 Å². The van der Waals surface area contributed by atoms with Crippen LogP contribution in [0, 0.1) is 6.92 Å². The van der Waals surface area contributed by atoms with E-state index in [9.17, 15) is 4.79 Å². The van der Waals surface area contributed by atoms with Crippen molar-refractivity contribution in [2.75, 3.05) is 5.75 Å². The molecule has 0 fully saturated rings. The number of benzene rings is 2. The number of nitrogens with zero attached hydrogens (tertiary/aromatic N) is 3. The largest absolute Gasteiger partial charge is 0.268 e. The highest BCUT2D eigenvalue weighted by atomic mass is 32.2. The number of pyridine rings is 1. The van der Waals surface area contributed by atoms with Gasteiger partial charge >= 0.3 is 0 Å². The third-order valence-corrected chi connectivity index (χ3v) is 5.18. The predicted octanol–water partition coefficient (Wildman–Crippen LogP) is 4.89. The molecule has 4 aromatic rings. The van der Waals surface area contributed by atoms with Crippen molar-refractivity contribution in [3.05, 3.63) is 100 Å². The molecule has 0 N–H and O–H groups in total. The number of para-hydroxylation sites is 1. The van der Waals surface area contributed by atoms with Crippen LogP contribution in [0.15, 0.2) is 89.0 Å². The fourth-order valence-electron chi connectivity index (χ4n) is 2.87. The van der Waals surface area contributed by atoms with Gasteiger partial charge in [0.25, 0.3) is 5.56 Å². The molecule has 0 saturated carbocycles. The lowest BCUT2D eigenvalue weighted by Gasteiger charge is -2.12. The van der Waals surface area contributed by atoms with E-state index < -0.39 is 0 Å². The SMILES string of the molecule is Cc1ccc(-n2c(SC/C=C\c3ccccc3)nc3ccccc3c2=O)nc1. The van der Waals surface area contributed by atoms with Crippen molar-refractivity contribution in [2.45, 2.75) is 12.1 Å². The van der Waals surface area contributed by atoms with Gasteiger partial charge in [-0.05, 0) is 36.2 Å². The Kier molecular flexibility index (Phi) is 5.35. The standard InChI is InChI=1S/C23H19N3OS/c1-17-13-14-21(24-16-17)26-22(27)19-11-5-6-12-20(19)25-23(26)28-15-7-10-18-8-3-2-4-9-18/h2-14,16H,15H2,1H3/b10-7-. The minimum absolute atomic E-state index is 0.100. The Morgan fingerprint density at radius 3 is 2.57 bits per heavy atom. The van der Waals surface area contributed by atoms with Crippen molar-refractivity contribution in [1.29, 1.82) is 0 Å². The van der Waals surface area contributed by atoms with E-state index in [1.165, 1.54) is 11.8 Å². The minimum atomic E-state index is -0.100. The smallest absolute Gasteiger partial charge is 0.267 e. The Bertz CT molecular complexity index is 1180. The van der Waals surface area contributed by atoms with E-state index in [4.69, 9.17) is 4.98 Å². The van der Waals surface area contributed by atoms with Crippen LogP contribution in [0.5, 0.6) is 0 Å². The summed E-state index contributed by atoms with van der Waals surface area (Å²) in [7, 11) is 0. The van der Waals surface area contributed by atoms with Gasteiger partial charge in [0.15, 0.2) is 5.16 Å². The molecule has 0 aliphatic rings. The van der Waals surface area contributed by atoms with Gasteiger partial charge in [-0.25, -0.2) is 14.5 Å². The van der Waals surface area contributed by atoms with Crippen LogP contribution < -0.4 is 5.56 Å². The lowest BCUT2D eigenvalue weighted by molar-refractivity contribution is 0.795. The van der Waals surface area contributed by atoms with Crippen LogP contribution in [-0.4, -0.2) is 20.3 Å². The molecule has 0 atom stereocenters. The average Bonchev–Trinajstić information content (AvgIpc) is 2.73. The first-order valence-electron chi connectivity index (χ1n) is 9.01. The summed E-state index contributed by atoms with van der Waals surface area (Å²) in [5.74, 6) is 1.29. The summed E-state index contributed by atoms with van der Waals surface area (Å²) >= 11 is 1.52. The van der Waals surface area contributed by atoms with Gasteiger partial charge in [0.05, 0.1) is 10.9 Å². The van der Waals surface area contributed by atoms with E-state index >= 15 is 0 Å². The minimum Gasteiger partial charge on any atom is -0.268 e. The van der Waals surface area contributed by atoms with E-state index in [1.807, 2.05) is 55.5 Å². The first-order valence-corrected chi connectivity index (χ1v) is 10.0. The topological polar surface area (TPSA) is 47.8 Å². The summed E-state index contributed by atoms with van der Waals surface area (Å²) in [6.45, 7) is 1.97. The molecular weight excluding hydrogens is 366 g/mol. The lowest BCUT2D eigenvalue weighted by atomic mass is 10.2. The molecule has 0 aliphatic carbocycles. The van der Waals surface area contributed by atoms with Gasteiger partial charge in [0.1, 0.15) is 5.82 Å². The normalized spacial score (nSPS) is 11.3. The molecular formula is C23H19N3OS. The van der Waals surface area contributed by atoms with Crippen molar-refractivity contribution >= 4 is 28.7 Å².